The molecule has 2 aromatic rings. The van der Waals surface area contributed by atoms with Gasteiger partial charge in [-0.15, -0.1) is 11.8 Å². The van der Waals surface area contributed by atoms with Crippen molar-refractivity contribution in [2.75, 3.05) is 12.9 Å². The molecule has 5 heteroatoms. The first-order valence-electron chi connectivity index (χ1n) is 8.23. The van der Waals surface area contributed by atoms with E-state index in [-0.39, 0.29) is 18.6 Å². The summed E-state index contributed by atoms with van der Waals surface area (Å²) in [6.07, 6.45) is 3.62. The summed E-state index contributed by atoms with van der Waals surface area (Å²) in [6, 6.07) is 17.4. The van der Waals surface area contributed by atoms with Crippen molar-refractivity contribution >= 4 is 23.6 Å². The van der Waals surface area contributed by atoms with Gasteiger partial charge in [-0.05, 0) is 43.7 Å². The highest BCUT2D eigenvalue weighted by Crippen LogP contribution is 2.20. The Bertz CT molecular complexity index is 703. The van der Waals surface area contributed by atoms with Crippen LogP contribution < -0.4 is 5.32 Å². The lowest BCUT2D eigenvalue weighted by Gasteiger charge is -2.14. The number of nitrogens with one attached hydrogen (secondary N) is 1. The molecule has 2 rings (SSSR count). The van der Waals surface area contributed by atoms with Gasteiger partial charge in [0.15, 0.2) is 6.61 Å². The lowest BCUT2D eigenvalue weighted by Crippen LogP contribution is -2.36. The molecule has 25 heavy (non-hydrogen) atoms. The van der Waals surface area contributed by atoms with Gasteiger partial charge in [-0.25, -0.2) is 4.79 Å². The Hall–Kier alpha value is -2.27. The van der Waals surface area contributed by atoms with Crippen molar-refractivity contribution in [3.63, 3.8) is 0 Å². The molecule has 0 aromatic heterocycles. The number of ether oxygens (including phenoxy) is 1. The fraction of sp³-hybridized carbons (Fsp3) is 0.300. The van der Waals surface area contributed by atoms with Crippen LogP contribution in [0.25, 0.3) is 0 Å². The molecule has 0 saturated heterocycles. The first-order valence-corrected chi connectivity index (χ1v) is 9.46. The van der Waals surface area contributed by atoms with Crippen LogP contribution in [-0.2, 0) is 16.0 Å². The molecule has 2 aromatic carbocycles. The smallest absolute Gasteiger partial charge is 0.339 e. The van der Waals surface area contributed by atoms with E-state index >= 15 is 0 Å². The SMILES string of the molecule is CSc1ccccc1C(=O)OCC(=O)NC(C)CCc1ccccc1. The molecule has 1 unspecified atom stereocenters. The second-order valence-electron chi connectivity index (χ2n) is 5.77. The van der Waals surface area contributed by atoms with E-state index in [0.717, 1.165) is 17.7 Å². The number of benzene rings is 2. The molecule has 0 fully saturated rings. The maximum atomic E-state index is 12.1. The van der Waals surface area contributed by atoms with Crippen molar-refractivity contribution in [3.8, 4) is 0 Å². The van der Waals surface area contributed by atoms with E-state index in [4.69, 9.17) is 4.74 Å². The van der Waals surface area contributed by atoms with Gasteiger partial charge in [0.05, 0.1) is 5.56 Å². The third-order valence-electron chi connectivity index (χ3n) is 3.78. The van der Waals surface area contributed by atoms with E-state index in [1.807, 2.05) is 43.5 Å². The molecule has 0 heterocycles. The summed E-state index contributed by atoms with van der Waals surface area (Å²) in [6.45, 7) is 1.68. The Morgan fingerprint density at radius 1 is 1.08 bits per heavy atom. The molecule has 0 aliphatic rings. The minimum absolute atomic E-state index is 0.0184. The van der Waals surface area contributed by atoms with Crippen molar-refractivity contribution < 1.29 is 14.3 Å². The third kappa shape index (κ3) is 6.27. The van der Waals surface area contributed by atoms with Gasteiger partial charge < -0.3 is 10.1 Å². The van der Waals surface area contributed by atoms with Crippen LogP contribution in [0.2, 0.25) is 0 Å². The van der Waals surface area contributed by atoms with Crippen molar-refractivity contribution in [3.05, 3.63) is 65.7 Å². The monoisotopic (exact) mass is 357 g/mol. The molecule has 1 N–H and O–H groups in total. The minimum Gasteiger partial charge on any atom is -0.452 e. The second-order valence-corrected chi connectivity index (χ2v) is 6.62. The summed E-state index contributed by atoms with van der Waals surface area (Å²) in [7, 11) is 0. The highest BCUT2D eigenvalue weighted by molar-refractivity contribution is 7.98. The standard InChI is InChI=1S/C20H23NO3S/c1-15(12-13-16-8-4-3-5-9-16)21-19(22)14-24-20(23)17-10-6-7-11-18(17)25-2/h3-11,15H,12-14H2,1-2H3,(H,21,22). The maximum absolute atomic E-state index is 12.1. The number of amides is 1. The van der Waals surface area contributed by atoms with Crippen LogP contribution in [0.3, 0.4) is 0 Å². The first-order chi connectivity index (χ1) is 12.1. The van der Waals surface area contributed by atoms with Crippen LogP contribution in [0.4, 0.5) is 0 Å². The van der Waals surface area contributed by atoms with Crippen molar-refractivity contribution in [2.24, 2.45) is 0 Å². The molecule has 1 atom stereocenters. The Kier molecular flexibility index (Phi) is 7.54. The molecule has 0 aliphatic carbocycles. The highest BCUT2D eigenvalue weighted by atomic mass is 32.2. The molecule has 0 spiro atoms. The van der Waals surface area contributed by atoms with Gasteiger partial charge in [0.25, 0.3) is 5.91 Å². The lowest BCUT2D eigenvalue weighted by molar-refractivity contribution is -0.124. The van der Waals surface area contributed by atoms with Crippen molar-refractivity contribution in [1.29, 1.82) is 0 Å². The molecule has 0 radical (unpaired) electrons. The van der Waals surface area contributed by atoms with Crippen LogP contribution in [0.5, 0.6) is 0 Å². The van der Waals surface area contributed by atoms with Gasteiger partial charge in [0.1, 0.15) is 0 Å². The number of hydrogen-bond donors (Lipinski definition) is 1. The summed E-state index contributed by atoms with van der Waals surface area (Å²) in [5, 5.41) is 2.86. The van der Waals surface area contributed by atoms with E-state index in [9.17, 15) is 9.59 Å². The van der Waals surface area contributed by atoms with E-state index < -0.39 is 5.97 Å². The minimum atomic E-state index is -0.475. The molecule has 4 nitrogen and oxygen atoms in total. The van der Waals surface area contributed by atoms with Gasteiger partial charge in [-0.2, -0.15) is 0 Å². The predicted octanol–water partition coefficient (Wildman–Crippen LogP) is 3.70. The summed E-state index contributed by atoms with van der Waals surface area (Å²) in [4.78, 5) is 24.9. The third-order valence-corrected chi connectivity index (χ3v) is 4.57. The zero-order valence-electron chi connectivity index (χ0n) is 14.5. The zero-order valence-corrected chi connectivity index (χ0v) is 15.3. The molecule has 132 valence electrons. The molecule has 0 aliphatic heterocycles. The molecular weight excluding hydrogens is 334 g/mol. The number of rotatable bonds is 8. The second kappa shape index (κ2) is 9.89. The van der Waals surface area contributed by atoms with Crippen LogP contribution >= 0.6 is 11.8 Å². The van der Waals surface area contributed by atoms with Crippen LogP contribution in [0.1, 0.15) is 29.3 Å². The van der Waals surface area contributed by atoms with Crippen LogP contribution in [0.15, 0.2) is 59.5 Å². The number of hydrogen-bond acceptors (Lipinski definition) is 4. The van der Waals surface area contributed by atoms with Crippen LogP contribution in [0, 0.1) is 0 Å². The Balaban J connectivity index is 1.75. The molecular formula is C20H23NO3S. The van der Waals surface area contributed by atoms with Crippen LogP contribution in [-0.4, -0.2) is 30.8 Å². The largest absolute Gasteiger partial charge is 0.452 e. The van der Waals surface area contributed by atoms with E-state index in [2.05, 4.69) is 17.4 Å². The topological polar surface area (TPSA) is 55.4 Å². The predicted molar refractivity (Wildman–Crippen MR) is 101 cm³/mol. The Labute approximate surface area is 153 Å². The number of carbonyl (C=O) groups excluding carboxylic acids is 2. The van der Waals surface area contributed by atoms with E-state index in [1.54, 1.807) is 12.1 Å². The van der Waals surface area contributed by atoms with Crippen molar-refractivity contribution in [1.82, 2.24) is 5.32 Å². The average Bonchev–Trinajstić information content (AvgIpc) is 2.65. The summed E-state index contributed by atoms with van der Waals surface area (Å²) < 4.78 is 5.13. The molecule has 0 bridgehead atoms. The maximum Gasteiger partial charge on any atom is 0.339 e. The fourth-order valence-electron chi connectivity index (χ4n) is 2.44. The van der Waals surface area contributed by atoms with Gasteiger partial charge in [0, 0.05) is 10.9 Å². The van der Waals surface area contributed by atoms with Crippen molar-refractivity contribution in [2.45, 2.75) is 30.7 Å². The average molecular weight is 357 g/mol. The van der Waals surface area contributed by atoms with E-state index in [0.29, 0.717) is 5.56 Å². The summed E-state index contributed by atoms with van der Waals surface area (Å²) in [5.74, 6) is -0.757. The number of carbonyl (C=O) groups is 2. The Morgan fingerprint density at radius 3 is 2.48 bits per heavy atom. The number of thioether (sulfide) groups is 1. The summed E-state index contributed by atoms with van der Waals surface area (Å²) >= 11 is 1.47. The first kappa shape index (κ1) is 19.1. The van der Waals surface area contributed by atoms with Gasteiger partial charge in [-0.3, -0.25) is 4.79 Å². The lowest BCUT2D eigenvalue weighted by atomic mass is 10.1. The fourth-order valence-corrected chi connectivity index (χ4v) is 3.02. The number of esters is 1. The van der Waals surface area contributed by atoms with E-state index in [1.165, 1.54) is 17.3 Å². The normalized spacial score (nSPS) is 11.6. The molecule has 0 saturated carbocycles. The zero-order chi connectivity index (χ0) is 18.1. The highest BCUT2D eigenvalue weighted by Gasteiger charge is 2.14. The number of aryl methyl sites for hydroxylation is 1. The molecule has 1 amide bonds. The Morgan fingerprint density at radius 2 is 1.76 bits per heavy atom. The summed E-state index contributed by atoms with van der Waals surface area (Å²) in [5.41, 5.74) is 1.73. The van der Waals surface area contributed by atoms with Gasteiger partial charge in [-0.1, -0.05) is 42.5 Å². The van der Waals surface area contributed by atoms with Gasteiger partial charge >= 0.3 is 5.97 Å². The quantitative estimate of drug-likeness (QED) is 0.578. The van der Waals surface area contributed by atoms with Gasteiger partial charge in [0.2, 0.25) is 0 Å².